The van der Waals surface area contributed by atoms with Gasteiger partial charge in [-0.15, -0.1) is 0 Å². The average molecular weight is 371 g/mol. The Morgan fingerprint density at radius 1 is 1.27 bits per heavy atom. The molecule has 1 fully saturated rings. The zero-order valence-corrected chi connectivity index (χ0v) is 15.0. The number of rotatable bonds is 4. The highest BCUT2D eigenvalue weighted by molar-refractivity contribution is 6.35. The zero-order valence-electron chi connectivity index (χ0n) is 14.2. The quantitative estimate of drug-likeness (QED) is 0.650. The predicted molar refractivity (Wildman–Crippen MR) is 104 cm³/mol. The van der Waals surface area contributed by atoms with Crippen LogP contribution in [0.5, 0.6) is 0 Å². The molecule has 4 rings (SSSR count). The SMILES string of the molecule is C[C@H](Nc1cc(N)nc(N)n1)c1cc2cccc(Cl)c2c(=O)n1C1CC1. The van der Waals surface area contributed by atoms with Gasteiger partial charge >= 0.3 is 0 Å². The molecule has 0 saturated heterocycles. The van der Waals surface area contributed by atoms with Crippen molar-refractivity contribution in [1.82, 2.24) is 14.5 Å². The lowest BCUT2D eigenvalue weighted by Gasteiger charge is -2.21. The number of pyridine rings is 1. The van der Waals surface area contributed by atoms with E-state index in [-0.39, 0.29) is 29.4 Å². The topological polar surface area (TPSA) is 112 Å². The van der Waals surface area contributed by atoms with Gasteiger partial charge in [-0.2, -0.15) is 9.97 Å². The number of hydrogen-bond acceptors (Lipinski definition) is 6. The predicted octanol–water partition coefficient (Wildman–Crippen LogP) is 3.12. The van der Waals surface area contributed by atoms with Gasteiger partial charge in [0.15, 0.2) is 0 Å². The molecule has 2 heterocycles. The smallest absolute Gasteiger partial charge is 0.260 e. The minimum atomic E-state index is -0.180. The number of nitrogen functional groups attached to an aromatic ring is 2. The summed E-state index contributed by atoms with van der Waals surface area (Å²) >= 11 is 6.28. The lowest BCUT2D eigenvalue weighted by atomic mass is 10.1. The van der Waals surface area contributed by atoms with Gasteiger partial charge < -0.3 is 21.4 Å². The third-order valence-corrected chi connectivity index (χ3v) is 4.86. The summed E-state index contributed by atoms with van der Waals surface area (Å²) in [7, 11) is 0. The molecule has 1 saturated carbocycles. The normalized spacial score (nSPS) is 15.2. The first-order valence-electron chi connectivity index (χ1n) is 8.44. The number of aromatic nitrogens is 3. The van der Waals surface area contributed by atoms with Gasteiger partial charge in [-0.25, -0.2) is 0 Å². The Labute approximate surface area is 155 Å². The molecule has 1 aliphatic rings. The number of anilines is 3. The average Bonchev–Trinajstić information content (AvgIpc) is 3.38. The molecule has 1 aromatic carbocycles. The van der Waals surface area contributed by atoms with E-state index >= 15 is 0 Å². The van der Waals surface area contributed by atoms with Crippen LogP contribution in [0.15, 0.2) is 35.1 Å². The third-order valence-electron chi connectivity index (χ3n) is 4.54. The molecule has 0 unspecified atom stereocenters. The van der Waals surface area contributed by atoms with E-state index in [1.165, 1.54) is 0 Å². The largest absolute Gasteiger partial charge is 0.383 e. The summed E-state index contributed by atoms with van der Waals surface area (Å²) in [5.41, 5.74) is 12.2. The maximum absolute atomic E-state index is 13.1. The number of fused-ring (bicyclic) bond motifs is 1. The van der Waals surface area contributed by atoms with Crippen molar-refractivity contribution < 1.29 is 0 Å². The molecule has 8 heteroatoms. The summed E-state index contributed by atoms with van der Waals surface area (Å²) in [6.07, 6.45) is 1.98. The molecule has 0 amide bonds. The summed E-state index contributed by atoms with van der Waals surface area (Å²) in [6.45, 7) is 1.97. The zero-order chi connectivity index (χ0) is 18.4. The van der Waals surface area contributed by atoms with E-state index in [1.807, 2.05) is 29.7 Å². The van der Waals surface area contributed by atoms with Crippen LogP contribution >= 0.6 is 11.6 Å². The van der Waals surface area contributed by atoms with Crippen LogP contribution in [0.1, 0.15) is 37.5 Å². The Hall–Kier alpha value is -2.80. The minimum absolute atomic E-state index is 0.0547. The van der Waals surface area contributed by atoms with E-state index in [0.29, 0.717) is 16.2 Å². The van der Waals surface area contributed by atoms with E-state index in [1.54, 1.807) is 12.1 Å². The highest BCUT2D eigenvalue weighted by atomic mass is 35.5. The van der Waals surface area contributed by atoms with Gasteiger partial charge in [-0.3, -0.25) is 4.79 Å². The molecule has 7 nitrogen and oxygen atoms in total. The van der Waals surface area contributed by atoms with Crippen LogP contribution < -0.4 is 22.3 Å². The van der Waals surface area contributed by atoms with Crippen molar-refractivity contribution >= 4 is 40.0 Å². The van der Waals surface area contributed by atoms with Crippen LogP contribution in [0.2, 0.25) is 5.02 Å². The Morgan fingerprint density at radius 2 is 2.04 bits per heavy atom. The van der Waals surface area contributed by atoms with E-state index in [0.717, 1.165) is 23.9 Å². The Kier molecular flexibility index (Phi) is 3.96. The van der Waals surface area contributed by atoms with Crippen molar-refractivity contribution in [2.75, 3.05) is 16.8 Å². The molecule has 0 spiro atoms. The first-order valence-corrected chi connectivity index (χ1v) is 8.82. The summed E-state index contributed by atoms with van der Waals surface area (Å²) in [6, 6.07) is 9.15. The highest BCUT2D eigenvalue weighted by Gasteiger charge is 2.29. The molecular weight excluding hydrogens is 352 g/mol. The fraction of sp³-hybridized carbons (Fsp3) is 0.278. The lowest BCUT2D eigenvalue weighted by molar-refractivity contribution is 0.636. The Morgan fingerprint density at radius 3 is 2.73 bits per heavy atom. The van der Waals surface area contributed by atoms with Crippen molar-refractivity contribution in [1.29, 1.82) is 0 Å². The van der Waals surface area contributed by atoms with E-state index in [4.69, 9.17) is 23.1 Å². The van der Waals surface area contributed by atoms with Crippen LogP contribution in [0.4, 0.5) is 17.6 Å². The second kappa shape index (κ2) is 6.17. The van der Waals surface area contributed by atoms with Gasteiger partial charge in [0.25, 0.3) is 5.56 Å². The van der Waals surface area contributed by atoms with Gasteiger partial charge in [-0.1, -0.05) is 23.7 Å². The number of nitrogens with zero attached hydrogens (tertiary/aromatic N) is 3. The molecule has 0 bridgehead atoms. The summed E-state index contributed by atoms with van der Waals surface area (Å²) in [4.78, 5) is 21.1. The molecule has 0 radical (unpaired) electrons. The van der Waals surface area contributed by atoms with Crippen molar-refractivity contribution in [2.45, 2.75) is 31.8 Å². The summed E-state index contributed by atoms with van der Waals surface area (Å²) < 4.78 is 1.85. The van der Waals surface area contributed by atoms with Gasteiger partial charge in [-0.05, 0) is 37.3 Å². The lowest BCUT2D eigenvalue weighted by Crippen LogP contribution is -2.26. The van der Waals surface area contributed by atoms with Crippen molar-refractivity contribution in [3.63, 3.8) is 0 Å². The standard InChI is InChI=1S/C18H19ClN6O/c1-9(22-15-8-14(20)23-18(21)24-15)13-7-10-3-2-4-12(19)16(10)17(26)25(13)11-5-6-11/h2-4,7-9,11H,5-6H2,1H3,(H5,20,21,22,23,24)/t9-/m0/s1. The summed E-state index contributed by atoms with van der Waals surface area (Å²) in [5, 5.41) is 5.13. The number of benzene rings is 1. The second-order valence-electron chi connectivity index (χ2n) is 6.58. The van der Waals surface area contributed by atoms with Gasteiger partial charge in [0.1, 0.15) is 11.6 Å². The Balaban J connectivity index is 1.82. The molecule has 3 aromatic rings. The molecule has 134 valence electrons. The molecule has 0 aliphatic heterocycles. The molecule has 1 atom stereocenters. The van der Waals surface area contributed by atoms with E-state index in [9.17, 15) is 4.79 Å². The Bertz CT molecular complexity index is 1040. The van der Waals surface area contributed by atoms with Crippen molar-refractivity contribution in [3.05, 3.63) is 51.4 Å². The van der Waals surface area contributed by atoms with Gasteiger partial charge in [0, 0.05) is 17.8 Å². The molecular formula is C18H19ClN6O. The van der Waals surface area contributed by atoms with Crippen molar-refractivity contribution in [3.8, 4) is 0 Å². The maximum atomic E-state index is 13.1. The summed E-state index contributed by atoms with van der Waals surface area (Å²) in [5.74, 6) is 0.908. The fourth-order valence-electron chi connectivity index (χ4n) is 3.25. The van der Waals surface area contributed by atoms with Crippen LogP contribution in [0.25, 0.3) is 10.8 Å². The van der Waals surface area contributed by atoms with Crippen LogP contribution in [0.3, 0.4) is 0 Å². The van der Waals surface area contributed by atoms with E-state index < -0.39 is 0 Å². The minimum Gasteiger partial charge on any atom is -0.383 e. The second-order valence-corrected chi connectivity index (χ2v) is 6.99. The third kappa shape index (κ3) is 2.94. The highest BCUT2D eigenvalue weighted by Crippen LogP contribution is 2.37. The number of nitrogens with one attached hydrogen (secondary N) is 1. The fourth-order valence-corrected chi connectivity index (χ4v) is 3.51. The number of nitrogens with two attached hydrogens (primary N) is 2. The van der Waals surface area contributed by atoms with Crippen LogP contribution in [-0.2, 0) is 0 Å². The van der Waals surface area contributed by atoms with Gasteiger partial charge in [0.05, 0.1) is 16.5 Å². The number of halogens is 1. The van der Waals surface area contributed by atoms with Crippen molar-refractivity contribution in [2.24, 2.45) is 0 Å². The first kappa shape index (κ1) is 16.7. The molecule has 26 heavy (non-hydrogen) atoms. The van der Waals surface area contributed by atoms with Crippen LogP contribution in [-0.4, -0.2) is 14.5 Å². The van der Waals surface area contributed by atoms with E-state index in [2.05, 4.69) is 15.3 Å². The number of hydrogen-bond donors (Lipinski definition) is 3. The monoisotopic (exact) mass is 370 g/mol. The first-order chi connectivity index (χ1) is 12.4. The maximum Gasteiger partial charge on any atom is 0.260 e. The van der Waals surface area contributed by atoms with Crippen LogP contribution in [0, 0.1) is 0 Å². The molecule has 2 aromatic heterocycles. The molecule has 5 N–H and O–H groups in total. The molecule has 1 aliphatic carbocycles. The van der Waals surface area contributed by atoms with Gasteiger partial charge in [0.2, 0.25) is 5.95 Å².